The molecule has 3 aliphatic heterocycles. The lowest BCUT2D eigenvalue weighted by Crippen LogP contribution is -2.71. The zero-order valence-corrected chi connectivity index (χ0v) is 21.2. The number of hydrogen-bond donors (Lipinski definition) is 2. The summed E-state index contributed by atoms with van der Waals surface area (Å²) in [5.74, 6) is -1.52. The Hall–Kier alpha value is -1.38. The number of halogens is 2. The minimum absolute atomic E-state index is 0.0347. The average Bonchev–Trinajstić information content (AvgIpc) is 3.18. The number of thioether (sulfide) groups is 2. The van der Waals surface area contributed by atoms with E-state index in [1.807, 2.05) is 6.92 Å². The van der Waals surface area contributed by atoms with Crippen LogP contribution in [0.3, 0.4) is 0 Å². The number of aromatic nitrogens is 2. The fourth-order valence-corrected chi connectivity index (χ4v) is 7.79. The molecule has 10 nitrogen and oxygen atoms in total. The maximum absolute atomic E-state index is 12.8. The van der Waals surface area contributed by atoms with Crippen LogP contribution in [0.15, 0.2) is 15.6 Å². The normalized spacial score (nSPS) is 27.9. The van der Waals surface area contributed by atoms with Gasteiger partial charge >= 0.3 is 5.97 Å². The molecule has 0 spiro atoms. The number of nitrogens with zero attached hydrogens (tertiary/aromatic N) is 4. The molecule has 2 amide bonds. The molecule has 0 saturated carbocycles. The molecule has 1 aromatic heterocycles. The van der Waals surface area contributed by atoms with Crippen LogP contribution in [0.25, 0.3) is 0 Å². The number of carbonyl (C=O) groups excluding carboxylic acids is 3. The summed E-state index contributed by atoms with van der Waals surface area (Å²) in [7, 11) is 0. The van der Waals surface area contributed by atoms with E-state index in [1.54, 1.807) is 4.90 Å². The van der Waals surface area contributed by atoms with Crippen molar-refractivity contribution in [2.45, 2.75) is 33.4 Å². The lowest BCUT2D eigenvalue weighted by atomic mass is 10.0. The van der Waals surface area contributed by atoms with Gasteiger partial charge in [-0.3, -0.25) is 24.2 Å². The molecule has 15 heteroatoms. The SMILES string of the molecule is Cc1nnc(SCC2=C(C(=O)O)N3C(=O)C(NC(=O)CN4CC(Cl)C(=O)C(Cl)C4)C3SC2)s1. The Labute approximate surface area is 211 Å². The average molecular weight is 552 g/mol. The summed E-state index contributed by atoms with van der Waals surface area (Å²) >= 11 is 16.2. The molecule has 4 atom stereocenters. The van der Waals surface area contributed by atoms with Crippen LogP contribution in [0.4, 0.5) is 0 Å². The van der Waals surface area contributed by atoms with Gasteiger partial charge in [-0.05, 0) is 12.5 Å². The maximum Gasteiger partial charge on any atom is 0.352 e. The predicted octanol–water partition coefficient (Wildman–Crippen LogP) is 0.777. The summed E-state index contributed by atoms with van der Waals surface area (Å²) < 4.78 is 0.731. The fraction of sp³-hybridized carbons (Fsp3) is 0.556. The maximum atomic E-state index is 12.8. The van der Waals surface area contributed by atoms with Gasteiger partial charge in [0.25, 0.3) is 5.91 Å². The number of hydrogen-bond acceptors (Lipinski definition) is 10. The molecule has 0 bridgehead atoms. The van der Waals surface area contributed by atoms with Gasteiger partial charge in [0.2, 0.25) is 5.91 Å². The predicted molar refractivity (Wildman–Crippen MR) is 126 cm³/mol. The number of Topliss-reactive ketones (excluding diaryl/α,β-unsaturated/α-hetero) is 1. The van der Waals surface area contributed by atoms with E-state index in [0.717, 1.165) is 9.35 Å². The van der Waals surface area contributed by atoms with Gasteiger partial charge in [-0.15, -0.1) is 45.2 Å². The second-order valence-corrected chi connectivity index (χ2v) is 12.2. The van der Waals surface area contributed by atoms with Crippen LogP contribution in [-0.2, 0) is 19.2 Å². The molecule has 0 radical (unpaired) electrons. The van der Waals surface area contributed by atoms with E-state index in [0.29, 0.717) is 17.1 Å². The Balaban J connectivity index is 1.38. The van der Waals surface area contributed by atoms with Crippen molar-refractivity contribution in [1.82, 2.24) is 25.3 Å². The zero-order chi connectivity index (χ0) is 23.9. The number of β-lactam (4-membered cyclic amide) rings is 1. The molecule has 33 heavy (non-hydrogen) atoms. The van der Waals surface area contributed by atoms with Gasteiger partial charge < -0.3 is 10.4 Å². The monoisotopic (exact) mass is 551 g/mol. The highest BCUT2D eigenvalue weighted by Gasteiger charge is 2.54. The number of likely N-dealkylation sites (tertiary alicyclic amines) is 1. The van der Waals surface area contributed by atoms with E-state index in [4.69, 9.17) is 23.2 Å². The van der Waals surface area contributed by atoms with Crippen LogP contribution in [0.1, 0.15) is 5.01 Å². The summed E-state index contributed by atoms with van der Waals surface area (Å²) in [5.41, 5.74) is 0.589. The minimum Gasteiger partial charge on any atom is -0.477 e. The lowest BCUT2D eigenvalue weighted by molar-refractivity contribution is -0.150. The van der Waals surface area contributed by atoms with Crippen molar-refractivity contribution < 1.29 is 24.3 Å². The number of aliphatic carboxylic acids is 1. The lowest BCUT2D eigenvalue weighted by Gasteiger charge is -2.49. The number of amides is 2. The van der Waals surface area contributed by atoms with Crippen molar-refractivity contribution in [3.63, 3.8) is 0 Å². The number of carboxylic acid groups (broad SMARTS) is 1. The number of carbonyl (C=O) groups is 4. The van der Waals surface area contributed by atoms with Gasteiger partial charge in [0.05, 0.1) is 6.54 Å². The van der Waals surface area contributed by atoms with Crippen LogP contribution < -0.4 is 5.32 Å². The number of piperidine rings is 1. The summed E-state index contributed by atoms with van der Waals surface area (Å²) in [5, 5.41) is 19.2. The van der Waals surface area contributed by atoms with Crippen LogP contribution in [0.5, 0.6) is 0 Å². The quantitative estimate of drug-likeness (QED) is 0.284. The molecule has 4 rings (SSSR count). The van der Waals surface area contributed by atoms with E-state index in [2.05, 4.69) is 15.5 Å². The van der Waals surface area contributed by atoms with Crippen molar-refractivity contribution in [2.24, 2.45) is 0 Å². The number of alkyl halides is 2. The second-order valence-electron chi connectivity index (χ2n) is 7.62. The number of ketones is 1. The van der Waals surface area contributed by atoms with Gasteiger partial charge in [0.1, 0.15) is 32.9 Å². The van der Waals surface area contributed by atoms with Crippen molar-refractivity contribution >= 4 is 81.6 Å². The van der Waals surface area contributed by atoms with Crippen molar-refractivity contribution in [3.8, 4) is 0 Å². The molecular formula is C18H19Cl2N5O5S3. The third kappa shape index (κ3) is 5.17. The fourth-order valence-electron chi connectivity index (χ4n) is 3.74. The molecule has 0 aromatic carbocycles. The van der Waals surface area contributed by atoms with E-state index < -0.39 is 40.0 Å². The highest BCUT2D eigenvalue weighted by molar-refractivity contribution is 8.01. The Morgan fingerprint density at radius 2 is 1.94 bits per heavy atom. The van der Waals surface area contributed by atoms with E-state index in [9.17, 15) is 24.3 Å². The second kappa shape index (κ2) is 10.1. The number of nitrogens with one attached hydrogen (secondary N) is 1. The first kappa shape index (κ1) is 24.7. The molecule has 2 N–H and O–H groups in total. The van der Waals surface area contributed by atoms with E-state index in [1.165, 1.54) is 39.8 Å². The highest BCUT2D eigenvalue weighted by Crippen LogP contribution is 2.41. The smallest absolute Gasteiger partial charge is 0.352 e. The first-order valence-corrected chi connectivity index (χ1v) is 13.5. The van der Waals surface area contributed by atoms with Crippen LogP contribution in [0.2, 0.25) is 0 Å². The van der Waals surface area contributed by atoms with Gasteiger partial charge in [0.15, 0.2) is 10.1 Å². The molecule has 4 heterocycles. The third-order valence-corrected chi connectivity index (χ3v) is 9.37. The zero-order valence-electron chi connectivity index (χ0n) is 17.2. The van der Waals surface area contributed by atoms with Crippen molar-refractivity contribution in [2.75, 3.05) is 31.1 Å². The minimum atomic E-state index is -1.18. The van der Waals surface area contributed by atoms with Crippen molar-refractivity contribution in [3.05, 3.63) is 16.3 Å². The number of fused-ring (bicyclic) bond motifs is 1. The highest BCUT2D eigenvalue weighted by atomic mass is 35.5. The Morgan fingerprint density at radius 1 is 1.24 bits per heavy atom. The molecule has 4 unspecified atom stereocenters. The number of carboxylic acids is 1. The Morgan fingerprint density at radius 3 is 2.55 bits per heavy atom. The molecule has 2 fully saturated rings. The molecule has 3 aliphatic rings. The molecule has 0 aliphatic carbocycles. The summed E-state index contributed by atoms with van der Waals surface area (Å²) in [6, 6.07) is -0.818. The van der Waals surface area contributed by atoms with Gasteiger partial charge in [0, 0.05) is 24.6 Å². The molecule has 2 saturated heterocycles. The van der Waals surface area contributed by atoms with E-state index in [-0.39, 0.29) is 31.1 Å². The van der Waals surface area contributed by atoms with Gasteiger partial charge in [-0.25, -0.2) is 4.79 Å². The number of aryl methyl sites for hydroxylation is 1. The Bertz CT molecular complexity index is 1020. The topological polar surface area (TPSA) is 133 Å². The molecular weight excluding hydrogens is 533 g/mol. The third-order valence-electron chi connectivity index (χ3n) is 5.27. The first-order chi connectivity index (χ1) is 15.7. The van der Waals surface area contributed by atoms with Gasteiger partial charge in [-0.2, -0.15) is 0 Å². The molecule has 178 valence electrons. The van der Waals surface area contributed by atoms with Gasteiger partial charge in [-0.1, -0.05) is 23.1 Å². The van der Waals surface area contributed by atoms with E-state index >= 15 is 0 Å². The first-order valence-electron chi connectivity index (χ1n) is 9.82. The molecule has 1 aromatic rings. The number of rotatable bonds is 7. The summed E-state index contributed by atoms with van der Waals surface area (Å²) in [6.45, 7) is 2.17. The summed E-state index contributed by atoms with van der Waals surface area (Å²) in [6.07, 6.45) is 0. The van der Waals surface area contributed by atoms with Crippen LogP contribution in [0, 0.1) is 6.92 Å². The Kier molecular flexibility index (Phi) is 7.56. The standard InChI is InChI=1S/C18H19Cl2N5O5S3/c1-7-22-23-18(33-7)32-6-8-5-31-16-12(15(28)25(16)13(8)17(29)30)21-11(26)4-24-2-9(19)14(27)10(20)3-24/h9-10,12,16H,2-6H2,1H3,(H,21,26)(H,29,30). The summed E-state index contributed by atoms with van der Waals surface area (Å²) in [4.78, 5) is 51.9. The van der Waals surface area contributed by atoms with Crippen LogP contribution in [-0.4, -0.2) is 102 Å². The van der Waals surface area contributed by atoms with Crippen molar-refractivity contribution in [1.29, 1.82) is 0 Å². The van der Waals surface area contributed by atoms with Crippen LogP contribution >= 0.6 is 58.1 Å². The largest absolute Gasteiger partial charge is 0.477 e.